The number of anilines is 1. The van der Waals surface area contributed by atoms with Crippen LogP contribution in [-0.2, 0) is 9.84 Å². The minimum Gasteiger partial charge on any atom is -0.457 e. The van der Waals surface area contributed by atoms with Gasteiger partial charge in [-0.25, -0.2) is 8.42 Å². The van der Waals surface area contributed by atoms with Crippen LogP contribution in [0, 0.1) is 6.92 Å². The molecular weight excluding hydrogens is 298 g/mol. The van der Waals surface area contributed by atoms with Crippen LogP contribution in [-0.4, -0.2) is 14.7 Å². The average molecular weight is 312 g/mol. The van der Waals surface area contributed by atoms with Crippen molar-refractivity contribution in [3.8, 4) is 11.5 Å². The standard InChI is InChI=1S/C14H14ClNO3S/c1-9-6-13(16)12(15)8-14(9)19-10-4-3-5-11(7-10)20(2,17)18/h3-8H,16H2,1-2H3. The van der Waals surface area contributed by atoms with Crippen LogP contribution in [0.15, 0.2) is 41.3 Å². The molecule has 0 fully saturated rings. The highest BCUT2D eigenvalue weighted by Crippen LogP contribution is 2.32. The molecule has 0 aliphatic rings. The summed E-state index contributed by atoms with van der Waals surface area (Å²) in [5.41, 5.74) is 6.99. The summed E-state index contributed by atoms with van der Waals surface area (Å²) in [7, 11) is -3.27. The molecule has 20 heavy (non-hydrogen) atoms. The quantitative estimate of drug-likeness (QED) is 0.882. The highest BCUT2D eigenvalue weighted by Gasteiger charge is 2.10. The predicted molar refractivity (Wildman–Crippen MR) is 80.2 cm³/mol. The van der Waals surface area contributed by atoms with Crippen molar-refractivity contribution >= 4 is 27.1 Å². The van der Waals surface area contributed by atoms with Crippen molar-refractivity contribution in [2.24, 2.45) is 0 Å². The molecule has 0 amide bonds. The first-order valence-corrected chi connectivity index (χ1v) is 8.08. The van der Waals surface area contributed by atoms with Gasteiger partial charge in [-0.3, -0.25) is 0 Å². The molecule has 2 aromatic carbocycles. The molecule has 0 aromatic heterocycles. The Labute approximate surface area is 123 Å². The molecule has 0 saturated carbocycles. The first-order valence-electron chi connectivity index (χ1n) is 5.81. The first kappa shape index (κ1) is 14.7. The number of rotatable bonds is 3. The third-order valence-corrected chi connectivity index (χ3v) is 4.19. The molecule has 0 aliphatic heterocycles. The van der Waals surface area contributed by atoms with Gasteiger partial charge in [-0.1, -0.05) is 17.7 Å². The van der Waals surface area contributed by atoms with E-state index in [1.165, 1.54) is 12.1 Å². The Balaban J connectivity index is 2.38. The van der Waals surface area contributed by atoms with Crippen LogP contribution in [0.1, 0.15) is 5.56 Å². The van der Waals surface area contributed by atoms with Crippen molar-refractivity contribution in [1.82, 2.24) is 0 Å². The second-order valence-electron chi connectivity index (χ2n) is 4.49. The van der Waals surface area contributed by atoms with E-state index in [2.05, 4.69) is 0 Å². The van der Waals surface area contributed by atoms with E-state index in [0.717, 1.165) is 11.8 Å². The van der Waals surface area contributed by atoms with Crippen molar-refractivity contribution in [1.29, 1.82) is 0 Å². The molecular formula is C14H14ClNO3S. The maximum Gasteiger partial charge on any atom is 0.175 e. The molecule has 6 heteroatoms. The van der Waals surface area contributed by atoms with Gasteiger partial charge in [0.05, 0.1) is 15.6 Å². The van der Waals surface area contributed by atoms with Gasteiger partial charge in [0.25, 0.3) is 0 Å². The van der Waals surface area contributed by atoms with Gasteiger partial charge in [-0.15, -0.1) is 0 Å². The smallest absolute Gasteiger partial charge is 0.175 e. The summed E-state index contributed by atoms with van der Waals surface area (Å²) in [6, 6.07) is 9.61. The van der Waals surface area contributed by atoms with Crippen molar-refractivity contribution in [2.75, 3.05) is 12.0 Å². The lowest BCUT2D eigenvalue weighted by Gasteiger charge is -2.11. The summed E-state index contributed by atoms with van der Waals surface area (Å²) in [5, 5.41) is 0.393. The third kappa shape index (κ3) is 3.23. The molecule has 2 N–H and O–H groups in total. The maximum absolute atomic E-state index is 11.5. The number of sulfone groups is 1. The third-order valence-electron chi connectivity index (χ3n) is 2.76. The highest BCUT2D eigenvalue weighted by molar-refractivity contribution is 7.90. The molecule has 0 bridgehead atoms. The fraction of sp³-hybridized carbons (Fsp3) is 0.143. The van der Waals surface area contributed by atoms with Gasteiger partial charge < -0.3 is 10.5 Å². The number of aryl methyl sites for hydroxylation is 1. The van der Waals surface area contributed by atoms with E-state index in [1.54, 1.807) is 24.3 Å². The van der Waals surface area contributed by atoms with Crippen molar-refractivity contribution < 1.29 is 13.2 Å². The van der Waals surface area contributed by atoms with Gasteiger partial charge in [0, 0.05) is 12.3 Å². The lowest BCUT2D eigenvalue weighted by molar-refractivity contribution is 0.477. The molecule has 106 valence electrons. The van der Waals surface area contributed by atoms with Gasteiger partial charge in [0.15, 0.2) is 9.84 Å². The number of benzene rings is 2. The molecule has 0 radical (unpaired) electrons. The lowest BCUT2D eigenvalue weighted by atomic mass is 10.2. The number of nitrogen functional groups attached to an aromatic ring is 1. The number of ether oxygens (including phenoxy) is 1. The number of hydrogen-bond donors (Lipinski definition) is 1. The molecule has 4 nitrogen and oxygen atoms in total. The summed E-state index contributed by atoms with van der Waals surface area (Å²) in [6.07, 6.45) is 1.15. The van der Waals surface area contributed by atoms with Crippen LogP contribution in [0.3, 0.4) is 0 Å². The van der Waals surface area contributed by atoms with Crippen LogP contribution >= 0.6 is 11.6 Å². The Morgan fingerprint density at radius 3 is 2.55 bits per heavy atom. The van der Waals surface area contributed by atoms with Crippen molar-refractivity contribution in [3.63, 3.8) is 0 Å². The van der Waals surface area contributed by atoms with E-state index in [0.29, 0.717) is 22.2 Å². The molecule has 0 spiro atoms. The zero-order valence-corrected chi connectivity index (χ0v) is 12.6. The van der Waals surface area contributed by atoms with Crippen molar-refractivity contribution in [2.45, 2.75) is 11.8 Å². The molecule has 0 saturated heterocycles. The lowest BCUT2D eigenvalue weighted by Crippen LogP contribution is -1.97. The second kappa shape index (κ2) is 5.34. The van der Waals surface area contributed by atoms with Crippen molar-refractivity contribution in [3.05, 3.63) is 47.0 Å². The number of hydrogen-bond acceptors (Lipinski definition) is 4. The average Bonchev–Trinajstić information content (AvgIpc) is 2.35. The van der Waals surface area contributed by atoms with Crippen LogP contribution in [0.2, 0.25) is 5.02 Å². The minimum atomic E-state index is -3.27. The summed E-state index contributed by atoms with van der Waals surface area (Å²) in [6.45, 7) is 1.84. The monoisotopic (exact) mass is 311 g/mol. The van der Waals surface area contributed by atoms with Gasteiger partial charge in [-0.05, 0) is 36.8 Å². The summed E-state index contributed by atoms with van der Waals surface area (Å²) in [4.78, 5) is 0.203. The van der Waals surface area contributed by atoms with Crippen LogP contribution in [0.4, 0.5) is 5.69 Å². The van der Waals surface area contributed by atoms with Gasteiger partial charge in [-0.2, -0.15) is 0 Å². The number of halogens is 1. The Kier molecular flexibility index (Phi) is 3.92. The Hall–Kier alpha value is -1.72. The van der Waals surface area contributed by atoms with E-state index >= 15 is 0 Å². The summed E-state index contributed by atoms with van der Waals surface area (Å²) >= 11 is 5.96. The molecule has 2 aromatic rings. The van der Waals surface area contributed by atoms with E-state index in [4.69, 9.17) is 22.1 Å². The van der Waals surface area contributed by atoms with E-state index in [-0.39, 0.29) is 4.90 Å². The van der Waals surface area contributed by atoms with Crippen LogP contribution < -0.4 is 10.5 Å². The Morgan fingerprint density at radius 1 is 1.20 bits per heavy atom. The highest BCUT2D eigenvalue weighted by atomic mass is 35.5. The minimum absolute atomic E-state index is 0.203. The summed E-state index contributed by atoms with van der Waals surface area (Å²) < 4.78 is 28.7. The largest absolute Gasteiger partial charge is 0.457 e. The first-order chi connectivity index (χ1) is 9.27. The molecule has 2 rings (SSSR count). The summed E-state index contributed by atoms with van der Waals surface area (Å²) in [5.74, 6) is 0.965. The second-order valence-corrected chi connectivity index (χ2v) is 6.91. The van der Waals surface area contributed by atoms with E-state index in [1.807, 2.05) is 6.92 Å². The van der Waals surface area contributed by atoms with Crippen LogP contribution in [0.25, 0.3) is 0 Å². The van der Waals surface area contributed by atoms with Gasteiger partial charge >= 0.3 is 0 Å². The normalized spacial score (nSPS) is 11.3. The SMILES string of the molecule is Cc1cc(N)c(Cl)cc1Oc1cccc(S(C)(=O)=O)c1. The van der Waals surface area contributed by atoms with Gasteiger partial charge in [0.1, 0.15) is 11.5 Å². The fourth-order valence-electron chi connectivity index (χ4n) is 1.69. The Bertz CT molecular complexity index is 757. The predicted octanol–water partition coefficient (Wildman–Crippen LogP) is 3.43. The van der Waals surface area contributed by atoms with Crippen LogP contribution in [0.5, 0.6) is 11.5 Å². The number of nitrogens with two attached hydrogens (primary N) is 1. The topological polar surface area (TPSA) is 69.4 Å². The van der Waals surface area contributed by atoms with Gasteiger partial charge in [0.2, 0.25) is 0 Å². The molecule has 0 aliphatic carbocycles. The zero-order valence-electron chi connectivity index (χ0n) is 11.1. The Morgan fingerprint density at radius 2 is 1.90 bits per heavy atom. The molecule has 0 atom stereocenters. The fourth-order valence-corrected chi connectivity index (χ4v) is 2.50. The molecule has 0 heterocycles. The maximum atomic E-state index is 11.5. The van der Waals surface area contributed by atoms with E-state index < -0.39 is 9.84 Å². The van der Waals surface area contributed by atoms with E-state index in [9.17, 15) is 8.42 Å². The molecule has 0 unspecified atom stereocenters. The zero-order chi connectivity index (χ0) is 14.9.